The molecule has 1 aromatic carbocycles. The van der Waals surface area contributed by atoms with E-state index in [4.69, 9.17) is 9.63 Å². The van der Waals surface area contributed by atoms with E-state index in [1.165, 1.54) is 0 Å². The molecule has 0 atom stereocenters. The van der Waals surface area contributed by atoms with Crippen molar-refractivity contribution >= 4 is 5.97 Å². The fraction of sp³-hybridized carbons (Fsp3) is 0.308. The lowest BCUT2D eigenvalue weighted by Crippen LogP contribution is -1.98. The Morgan fingerprint density at radius 2 is 2.17 bits per heavy atom. The summed E-state index contributed by atoms with van der Waals surface area (Å²) >= 11 is 0. The minimum Gasteiger partial charge on any atom is -0.481 e. The van der Waals surface area contributed by atoms with Gasteiger partial charge in [-0.2, -0.15) is 4.98 Å². The van der Waals surface area contributed by atoms with E-state index in [0.717, 1.165) is 16.7 Å². The van der Waals surface area contributed by atoms with Gasteiger partial charge in [0.1, 0.15) is 0 Å². The van der Waals surface area contributed by atoms with Crippen LogP contribution in [-0.4, -0.2) is 21.2 Å². The number of hydrogen-bond donors (Lipinski definition) is 1. The number of nitrogens with zero attached hydrogens (tertiary/aromatic N) is 2. The highest BCUT2D eigenvalue weighted by atomic mass is 16.5. The highest BCUT2D eigenvalue weighted by Crippen LogP contribution is 2.22. The summed E-state index contributed by atoms with van der Waals surface area (Å²) in [6.45, 7) is 3.69. The molecule has 0 bridgehead atoms. The maximum atomic E-state index is 10.5. The molecule has 94 valence electrons. The number of carboxylic acid groups (broad SMARTS) is 1. The summed E-state index contributed by atoms with van der Waals surface area (Å²) in [5.41, 5.74) is 2.92. The van der Waals surface area contributed by atoms with Gasteiger partial charge in [0.15, 0.2) is 0 Å². The van der Waals surface area contributed by atoms with Gasteiger partial charge in [-0.1, -0.05) is 23.4 Å². The van der Waals surface area contributed by atoms with Crippen LogP contribution < -0.4 is 0 Å². The summed E-state index contributed by atoms with van der Waals surface area (Å²) in [6.07, 6.45) is 0.668. The van der Waals surface area contributed by atoms with Crippen molar-refractivity contribution in [1.29, 1.82) is 0 Å². The quantitative estimate of drug-likeness (QED) is 0.896. The number of benzene rings is 1. The normalized spacial score (nSPS) is 10.6. The second-order valence-electron chi connectivity index (χ2n) is 4.18. The van der Waals surface area contributed by atoms with Gasteiger partial charge >= 0.3 is 5.97 Å². The second kappa shape index (κ2) is 5.00. The molecule has 0 aliphatic heterocycles. The molecule has 0 fully saturated rings. The third kappa shape index (κ3) is 2.74. The molecule has 0 amide bonds. The number of rotatable bonds is 4. The van der Waals surface area contributed by atoms with Crippen LogP contribution in [0.5, 0.6) is 0 Å². The zero-order valence-corrected chi connectivity index (χ0v) is 10.3. The van der Waals surface area contributed by atoms with Gasteiger partial charge in [0.2, 0.25) is 11.7 Å². The number of aromatic nitrogens is 2. The van der Waals surface area contributed by atoms with Crippen LogP contribution in [0, 0.1) is 13.8 Å². The van der Waals surface area contributed by atoms with Gasteiger partial charge in [-0.3, -0.25) is 4.79 Å². The second-order valence-corrected chi connectivity index (χ2v) is 4.18. The molecular weight excluding hydrogens is 232 g/mol. The van der Waals surface area contributed by atoms with Crippen molar-refractivity contribution in [3.05, 3.63) is 35.2 Å². The molecule has 1 heterocycles. The molecule has 5 nitrogen and oxygen atoms in total. The predicted octanol–water partition coefficient (Wildman–Crippen LogP) is 2.37. The Hall–Kier alpha value is -2.17. The molecule has 18 heavy (non-hydrogen) atoms. The maximum Gasteiger partial charge on any atom is 0.303 e. The number of aliphatic carboxylic acids is 1. The van der Waals surface area contributed by atoms with Crippen molar-refractivity contribution in [3.63, 3.8) is 0 Å². The molecule has 1 aromatic heterocycles. The van der Waals surface area contributed by atoms with E-state index in [1.807, 2.05) is 25.1 Å². The fourth-order valence-corrected chi connectivity index (χ4v) is 1.79. The van der Waals surface area contributed by atoms with Crippen LogP contribution in [0.1, 0.15) is 23.4 Å². The first-order chi connectivity index (χ1) is 8.56. The van der Waals surface area contributed by atoms with Crippen LogP contribution in [0.3, 0.4) is 0 Å². The monoisotopic (exact) mass is 246 g/mol. The van der Waals surface area contributed by atoms with Crippen molar-refractivity contribution in [3.8, 4) is 11.4 Å². The smallest absolute Gasteiger partial charge is 0.303 e. The van der Waals surface area contributed by atoms with Crippen molar-refractivity contribution in [1.82, 2.24) is 10.1 Å². The van der Waals surface area contributed by atoms with Crippen LogP contribution >= 0.6 is 0 Å². The molecule has 0 saturated carbocycles. The lowest BCUT2D eigenvalue weighted by molar-refractivity contribution is -0.136. The predicted molar refractivity (Wildman–Crippen MR) is 65.2 cm³/mol. The first kappa shape index (κ1) is 12.3. The first-order valence-electron chi connectivity index (χ1n) is 5.68. The molecule has 2 rings (SSSR count). The summed E-state index contributed by atoms with van der Waals surface area (Å²) in [5, 5.41) is 12.5. The molecular formula is C13H14N2O3. The zero-order chi connectivity index (χ0) is 13.1. The van der Waals surface area contributed by atoms with Gasteiger partial charge in [0.25, 0.3) is 0 Å². The van der Waals surface area contributed by atoms with E-state index in [0.29, 0.717) is 18.1 Å². The van der Waals surface area contributed by atoms with Crippen molar-refractivity contribution in [2.45, 2.75) is 26.7 Å². The van der Waals surface area contributed by atoms with Crippen molar-refractivity contribution in [2.75, 3.05) is 0 Å². The molecule has 0 aliphatic carbocycles. The van der Waals surface area contributed by atoms with E-state index in [2.05, 4.69) is 10.1 Å². The summed E-state index contributed by atoms with van der Waals surface area (Å²) in [4.78, 5) is 14.7. The zero-order valence-electron chi connectivity index (χ0n) is 10.3. The summed E-state index contributed by atoms with van der Waals surface area (Å²) < 4.78 is 4.94. The SMILES string of the molecule is Cc1nc(-c2ccc(CCC(=O)O)cc2C)no1. The third-order valence-electron chi connectivity index (χ3n) is 2.69. The molecule has 2 aromatic rings. The molecule has 0 saturated heterocycles. The van der Waals surface area contributed by atoms with Crippen LogP contribution in [0.4, 0.5) is 0 Å². The van der Waals surface area contributed by atoms with E-state index in [9.17, 15) is 4.79 Å². The van der Waals surface area contributed by atoms with Gasteiger partial charge in [0, 0.05) is 18.9 Å². The van der Waals surface area contributed by atoms with Crippen LogP contribution in [0.15, 0.2) is 22.7 Å². The molecule has 5 heteroatoms. The lowest BCUT2D eigenvalue weighted by Gasteiger charge is -2.04. The Labute approximate surface area is 104 Å². The summed E-state index contributed by atoms with van der Waals surface area (Å²) in [6, 6.07) is 5.76. The fourth-order valence-electron chi connectivity index (χ4n) is 1.79. The molecule has 0 unspecified atom stereocenters. The van der Waals surface area contributed by atoms with Gasteiger partial charge in [-0.25, -0.2) is 0 Å². The summed E-state index contributed by atoms with van der Waals surface area (Å²) in [7, 11) is 0. The van der Waals surface area contributed by atoms with Crippen molar-refractivity contribution < 1.29 is 14.4 Å². The van der Waals surface area contributed by atoms with E-state index in [-0.39, 0.29) is 6.42 Å². The highest BCUT2D eigenvalue weighted by Gasteiger charge is 2.09. The molecule has 0 spiro atoms. The minimum absolute atomic E-state index is 0.139. The highest BCUT2D eigenvalue weighted by molar-refractivity contribution is 5.67. The van der Waals surface area contributed by atoms with Crippen LogP contribution in [-0.2, 0) is 11.2 Å². The van der Waals surface area contributed by atoms with Gasteiger partial charge in [-0.05, 0) is 24.5 Å². The topological polar surface area (TPSA) is 76.2 Å². The number of carbonyl (C=O) groups is 1. The average Bonchev–Trinajstić information content (AvgIpc) is 2.73. The third-order valence-corrected chi connectivity index (χ3v) is 2.69. The lowest BCUT2D eigenvalue weighted by atomic mass is 10.0. The van der Waals surface area contributed by atoms with Crippen LogP contribution in [0.25, 0.3) is 11.4 Å². The number of aryl methyl sites for hydroxylation is 3. The number of carboxylic acids is 1. The van der Waals surface area contributed by atoms with E-state index >= 15 is 0 Å². The standard InChI is InChI=1S/C13H14N2O3/c1-8-7-10(4-6-12(16)17)3-5-11(8)13-14-9(2)18-15-13/h3,5,7H,4,6H2,1-2H3,(H,16,17). The van der Waals surface area contributed by atoms with Gasteiger partial charge < -0.3 is 9.63 Å². The minimum atomic E-state index is -0.787. The van der Waals surface area contributed by atoms with Gasteiger partial charge in [-0.15, -0.1) is 0 Å². The Morgan fingerprint density at radius 3 is 2.72 bits per heavy atom. The Balaban J connectivity index is 2.22. The van der Waals surface area contributed by atoms with Gasteiger partial charge in [0.05, 0.1) is 0 Å². The maximum absolute atomic E-state index is 10.5. The Bertz CT molecular complexity index is 575. The average molecular weight is 246 g/mol. The summed E-state index contributed by atoms with van der Waals surface area (Å²) in [5.74, 6) is 0.305. The van der Waals surface area contributed by atoms with Crippen molar-refractivity contribution in [2.24, 2.45) is 0 Å². The Morgan fingerprint density at radius 1 is 1.39 bits per heavy atom. The Kier molecular flexibility index (Phi) is 3.41. The molecule has 0 radical (unpaired) electrons. The first-order valence-corrected chi connectivity index (χ1v) is 5.68. The van der Waals surface area contributed by atoms with Crippen LogP contribution in [0.2, 0.25) is 0 Å². The van der Waals surface area contributed by atoms with E-state index in [1.54, 1.807) is 6.92 Å². The van der Waals surface area contributed by atoms with E-state index < -0.39 is 5.97 Å². The molecule has 0 aliphatic rings. The largest absolute Gasteiger partial charge is 0.481 e. The molecule has 1 N–H and O–H groups in total. The number of hydrogen-bond acceptors (Lipinski definition) is 4.